The molecule has 0 aliphatic heterocycles. The van der Waals surface area contributed by atoms with Crippen LogP contribution in [-0.4, -0.2) is 24.5 Å². The van der Waals surface area contributed by atoms with Gasteiger partial charge in [-0.1, -0.05) is 42.0 Å². The van der Waals surface area contributed by atoms with Crippen molar-refractivity contribution >= 4 is 17.3 Å². The zero-order chi connectivity index (χ0) is 16.8. The first-order valence-electron chi connectivity index (χ1n) is 7.29. The van der Waals surface area contributed by atoms with Crippen LogP contribution in [0.3, 0.4) is 0 Å². The van der Waals surface area contributed by atoms with Crippen LogP contribution in [0, 0.1) is 6.92 Å². The molecule has 0 N–H and O–H groups in total. The number of aryl methyl sites for hydroxylation is 1. The number of rotatable bonds is 7. The van der Waals surface area contributed by atoms with Crippen LogP contribution in [0.4, 0.5) is 0 Å². The van der Waals surface area contributed by atoms with Gasteiger partial charge in [0.2, 0.25) is 0 Å². The molecule has 2 aromatic rings. The topological polar surface area (TPSA) is 60.4 Å². The van der Waals surface area contributed by atoms with E-state index in [9.17, 15) is 14.4 Å². The Hall–Kier alpha value is -2.75. The van der Waals surface area contributed by atoms with Gasteiger partial charge in [0.1, 0.15) is 11.5 Å². The van der Waals surface area contributed by atoms with Gasteiger partial charge in [0.25, 0.3) is 0 Å². The van der Waals surface area contributed by atoms with E-state index in [4.69, 9.17) is 4.74 Å². The van der Waals surface area contributed by atoms with E-state index in [-0.39, 0.29) is 24.4 Å². The number of carbonyl (C=O) groups excluding carboxylic acids is 3. The van der Waals surface area contributed by atoms with E-state index in [0.717, 1.165) is 5.56 Å². The summed E-state index contributed by atoms with van der Waals surface area (Å²) in [4.78, 5) is 36.2. The molecule has 0 heterocycles. The zero-order valence-corrected chi connectivity index (χ0v) is 13.2. The summed E-state index contributed by atoms with van der Waals surface area (Å²) in [5.41, 5.74) is 1.87. The van der Waals surface area contributed by atoms with Crippen molar-refractivity contribution in [3.05, 3.63) is 65.2 Å². The molecule has 0 radical (unpaired) electrons. The molecule has 23 heavy (non-hydrogen) atoms. The maximum Gasteiger partial charge on any atom is 0.173 e. The van der Waals surface area contributed by atoms with Crippen LogP contribution in [0.5, 0.6) is 5.75 Å². The summed E-state index contributed by atoms with van der Waals surface area (Å²) in [6, 6.07) is 13.7. The van der Waals surface area contributed by atoms with Crippen molar-refractivity contribution in [1.82, 2.24) is 0 Å². The van der Waals surface area contributed by atoms with Gasteiger partial charge in [-0.2, -0.15) is 0 Å². The fourth-order valence-electron chi connectivity index (χ4n) is 2.23. The Kier molecular flexibility index (Phi) is 5.41. The van der Waals surface area contributed by atoms with Crippen LogP contribution in [0.15, 0.2) is 48.5 Å². The van der Waals surface area contributed by atoms with Crippen LogP contribution in [0.25, 0.3) is 0 Å². The fourth-order valence-corrected chi connectivity index (χ4v) is 2.23. The lowest BCUT2D eigenvalue weighted by Crippen LogP contribution is -2.13. The molecule has 2 aromatic carbocycles. The summed E-state index contributed by atoms with van der Waals surface area (Å²) in [5, 5.41) is 0. The highest BCUT2D eigenvalue weighted by Crippen LogP contribution is 2.19. The van der Waals surface area contributed by atoms with Crippen molar-refractivity contribution in [2.24, 2.45) is 0 Å². The highest BCUT2D eigenvalue weighted by atomic mass is 16.5. The first-order chi connectivity index (χ1) is 11.0. The minimum Gasteiger partial charge on any atom is -0.496 e. The van der Waals surface area contributed by atoms with Crippen molar-refractivity contribution in [2.75, 3.05) is 7.11 Å². The van der Waals surface area contributed by atoms with Gasteiger partial charge < -0.3 is 4.74 Å². The summed E-state index contributed by atoms with van der Waals surface area (Å²) in [5.74, 6) is -0.589. The molecule has 0 bridgehead atoms. The fraction of sp³-hybridized carbons (Fsp3) is 0.211. The van der Waals surface area contributed by atoms with Crippen LogP contribution in [-0.2, 0) is 4.79 Å². The van der Waals surface area contributed by atoms with Crippen molar-refractivity contribution in [3.8, 4) is 5.75 Å². The van der Waals surface area contributed by atoms with Crippen LogP contribution in [0.2, 0.25) is 0 Å². The van der Waals surface area contributed by atoms with Gasteiger partial charge in [-0.3, -0.25) is 14.4 Å². The standard InChI is InChI=1S/C19H18O4/c1-13-7-9-14(10-8-13)17(21)11-15(20)12-18(22)16-5-3-4-6-19(16)23-2/h3-10H,11-12H2,1-2H3. The summed E-state index contributed by atoms with van der Waals surface area (Å²) in [6.45, 7) is 1.92. The van der Waals surface area contributed by atoms with Gasteiger partial charge in [-0.15, -0.1) is 0 Å². The summed E-state index contributed by atoms with van der Waals surface area (Å²) in [7, 11) is 1.47. The Morgan fingerprint density at radius 3 is 2.13 bits per heavy atom. The molecule has 0 saturated heterocycles. The second-order valence-electron chi connectivity index (χ2n) is 5.30. The second kappa shape index (κ2) is 7.49. The highest BCUT2D eigenvalue weighted by molar-refractivity contribution is 6.16. The van der Waals surface area contributed by atoms with Crippen molar-refractivity contribution in [1.29, 1.82) is 0 Å². The van der Waals surface area contributed by atoms with E-state index in [1.54, 1.807) is 36.4 Å². The minimum absolute atomic E-state index is 0.274. The number of benzene rings is 2. The second-order valence-corrected chi connectivity index (χ2v) is 5.30. The molecule has 0 spiro atoms. The molecular weight excluding hydrogens is 292 g/mol. The number of hydrogen-bond acceptors (Lipinski definition) is 4. The third-order valence-corrected chi connectivity index (χ3v) is 3.50. The Bertz CT molecular complexity index is 729. The van der Waals surface area contributed by atoms with Crippen molar-refractivity contribution in [2.45, 2.75) is 19.8 Å². The number of hydrogen-bond donors (Lipinski definition) is 0. The van der Waals surface area contributed by atoms with E-state index in [1.165, 1.54) is 7.11 Å². The van der Waals surface area contributed by atoms with E-state index in [1.807, 2.05) is 19.1 Å². The van der Waals surface area contributed by atoms with E-state index >= 15 is 0 Å². The normalized spacial score (nSPS) is 10.2. The third-order valence-electron chi connectivity index (χ3n) is 3.50. The largest absolute Gasteiger partial charge is 0.496 e. The predicted molar refractivity (Wildman–Crippen MR) is 87.1 cm³/mol. The molecule has 0 saturated carbocycles. The molecule has 0 aliphatic carbocycles. The van der Waals surface area contributed by atoms with Gasteiger partial charge in [0, 0.05) is 5.56 Å². The molecule has 4 heteroatoms. The molecule has 0 aromatic heterocycles. The van der Waals surface area contributed by atoms with Crippen molar-refractivity contribution in [3.63, 3.8) is 0 Å². The van der Waals surface area contributed by atoms with E-state index in [2.05, 4.69) is 0 Å². The molecular formula is C19H18O4. The minimum atomic E-state index is -0.397. The zero-order valence-electron chi connectivity index (χ0n) is 13.2. The Morgan fingerprint density at radius 1 is 0.870 bits per heavy atom. The lowest BCUT2D eigenvalue weighted by atomic mass is 9.99. The average Bonchev–Trinajstić information content (AvgIpc) is 2.55. The SMILES string of the molecule is COc1ccccc1C(=O)CC(=O)CC(=O)c1ccc(C)cc1. The highest BCUT2D eigenvalue weighted by Gasteiger charge is 2.18. The summed E-state index contributed by atoms with van der Waals surface area (Å²) < 4.78 is 5.11. The molecule has 118 valence electrons. The first-order valence-corrected chi connectivity index (χ1v) is 7.29. The number of ketones is 3. The molecule has 4 nitrogen and oxygen atoms in total. The molecule has 0 atom stereocenters. The monoisotopic (exact) mass is 310 g/mol. The average molecular weight is 310 g/mol. The number of methoxy groups -OCH3 is 1. The van der Waals surface area contributed by atoms with Gasteiger partial charge in [-0.05, 0) is 19.1 Å². The van der Waals surface area contributed by atoms with Gasteiger partial charge in [0.15, 0.2) is 11.6 Å². The molecule has 2 rings (SSSR count). The predicted octanol–water partition coefficient (Wildman–Crippen LogP) is 3.42. The third kappa shape index (κ3) is 4.36. The maximum atomic E-state index is 12.2. The van der Waals surface area contributed by atoms with Gasteiger partial charge in [0.05, 0.1) is 25.5 Å². The Balaban J connectivity index is 2.00. The summed E-state index contributed by atoms with van der Waals surface area (Å²) in [6.07, 6.45) is -0.581. The number of ether oxygens (including phenoxy) is 1. The summed E-state index contributed by atoms with van der Waals surface area (Å²) >= 11 is 0. The first kappa shape index (κ1) is 16.6. The molecule has 0 aliphatic rings. The molecule has 0 unspecified atom stereocenters. The molecule has 0 amide bonds. The van der Waals surface area contributed by atoms with Gasteiger partial charge >= 0.3 is 0 Å². The smallest absolute Gasteiger partial charge is 0.173 e. The quantitative estimate of drug-likeness (QED) is 0.581. The molecule has 0 fully saturated rings. The lowest BCUT2D eigenvalue weighted by molar-refractivity contribution is -0.117. The Morgan fingerprint density at radius 2 is 1.48 bits per heavy atom. The van der Waals surface area contributed by atoms with E-state index in [0.29, 0.717) is 16.9 Å². The van der Waals surface area contributed by atoms with Crippen LogP contribution >= 0.6 is 0 Å². The number of Topliss-reactive ketones (excluding diaryl/α,β-unsaturated/α-hetero) is 3. The maximum absolute atomic E-state index is 12.2. The lowest BCUT2D eigenvalue weighted by Gasteiger charge is -2.06. The number of carbonyl (C=O) groups is 3. The van der Waals surface area contributed by atoms with Crippen molar-refractivity contribution < 1.29 is 19.1 Å². The number of para-hydroxylation sites is 1. The van der Waals surface area contributed by atoms with Crippen LogP contribution < -0.4 is 4.74 Å². The van der Waals surface area contributed by atoms with Crippen LogP contribution in [0.1, 0.15) is 39.1 Å². The Labute approximate surface area is 135 Å². The van der Waals surface area contributed by atoms with Gasteiger partial charge in [-0.25, -0.2) is 0 Å². The van der Waals surface area contributed by atoms with E-state index < -0.39 is 5.78 Å².